The molecule has 1 aromatic heterocycles. The van der Waals surface area contributed by atoms with E-state index in [0.717, 1.165) is 0 Å². The van der Waals surface area contributed by atoms with Crippen molar-refractivity contribution in [3.63, 3.8) is 0 Å². The molecule has 0 bridgehead atoms. The van der Waals surface area contributed by atoms with Crippen LogP contribution in [0.1, 0.15) is 37.7 Å². The van der Waals surface area contributed by atoms with Gasteiger partial charge >= 0.3 is 0 Å². The molecule has 4 nitrogen and oxygen atoms in total. The lowest BCUT2D eigenvalue weighted by Crippen LogP contribution is -2.35. The largest absolute Gasteiger partial charge is 0.391 e. The second-order valence-electron chi connectivity index (χ2n) is 6.07. The number of aromatic nitrogens is 1. The standard InChI is InChI=1S/C14H22F2N2O2/c1-14(2,3)7-10(19)8-17-13(20)11-5-4-6-18(11)9-12(15)16/h4-6,10,12,19H,7-9H2,1-3H3,(H,17,20). The average Bonchev–Trinajstić information content (AvgIpc) is 2.70. The van der Waals surface area contributed by atoms with Gasteiger partial charge < -0.3 is 15.0 Å². The first kappa shape index (κ1) is 16.6. The molecular formula is C14H22F2N2O2. The fourth-order valence-corrected chi connectivity index (χ4v) is 2.01. The van der Waals surface area contributed by atoms with Crippen LogP contribution in [0.3, 0.4) is 0 Å². The molecule has 20 heavy (non-hydrogen) atoms. The van der Waals surface area contributed by atoms with Crippen molar-refractivity contribution in [2.45, 2.75) is 46.3 Å². The Labute approximate surface area is 117 Å². The molecule has 1 rings (SSSR count). The first-order valence-corrected chi connectivity index (χ1v) is 6.58. The predicted molar refractivity (Wildman–Crippen MR) is 72.8 cm³/mol. The van der Waals surface area contributed by atoms with Gasteiger partial charge in [-0.15, -0.1) is 0 Å². The minimum Gasteiger partial charge on any atom is -0.391 e. The van der Waals surface area contributed by atoms with Crippen LogP contribution in [-0.4, -0.2) is 34.7 Å². The van der Waals surface area contributed by atoms with E-state index in [1.54, 1.807) is 6.07 Å². The Kier molecular flexibility index (Phi) is 5.68. The highest BCUT2D eigenvalue weighted by atomic mass is 19.3. The summed E-state index contributed by atoms with van der Waals surface area (Å²) in [7, 11) is 0. The van der Waals surface area contributed by atoms with Gasteiger partial charge in [0.05, 0.1) is 12.6 Å². The van der Waals surface area contributed by atoms with E-state index in [1.807, 2.05) is 20.8 Å². The second kappa shape index (κ2) is 6.83. The van der Waals surface area contributed by atoms with Crippen LogP contribution in [-0.2, 0) is 6.54 Å². The quantitative estimate of drug-likeness (QED) is 0.844. The molecule has 1 atom stereocenters. The summed E-state index contributed by atoms with van der Waals surface area (Å²) < 4.78 is 25.9. The maximum Gasteiger partial charge on any atom is 0.267 e. The highest BCUT2D eigenvalue weighted by Gasteiger charge is 2.19. The smallest absolute Gasteiger partial charge is 0.267 e. The number of hydrogen-bond donors (Lipinski definition) is 2. The van der Waals surface area contributed by atoms with E-state index in [-0.39, 0.29) is 17.7 Å². The van der Waals surface area contributed by atoms with Crippen LogP contribution in [0, 0.1) is 5.41 Å². The maximum atomic E-state index is 12.3. The average molecular weight is 288 g/mol. The van der Waals surface area contributed by atoms with Gasteiger partial charge in [-0.3, -0.25) is 4.79 Å². The van der Waals surface area contributed by atoms with Crippen molar-refractivity contribution in [2.75, 3.05) is 6.54 Å². The van der Waals surface area contributed by atoms with Crippen molar-refractivity contribution >= 4 is 5.91 Å². The molecule has 0 aromatic carbocycles. The number of alkyl halides is 2. The maximum absolute atomic E-state index is 12.3. The first-order chi connectivity index (χ1) is 9.19. The van der Waals surface area contributed by atoms with Gasteiger partial charge in [0.25, 0.3) is 12.3 Å². The molecule has 114 valence electrons. The monoisotopic (exact) mass is 288 g/mol. The first-order valence-electron chi connectivity index (χ1n) is 6.58. The Hall–Kier alpha value is -1.43. The van der Waals surface area contributed by atoms with E-state index in [0.29, 0.717) is 6.42 Å². The lowest BCUT2D eigenvalue weighted by Gasteiger charge is -2.22. The molecule has 0 fully saturated rings. The van der Waals surface area contributed by atoms with Crippen LogP contribution in [0.5, 0.6) is 0 Å². The van der Waals surface area contributed by atoms with Gasteiger partial charge in [0.15, 0.2) is 0 Å². The summed E-state index contributed by atoms with van der Waals surface area (Å²) >= 11 is 0. The Morgan fingerprint density at radius 1 is 1.45 bits per heavy atom. The number of nitrogens with one attached hydrogen (secondary N) is 1. The number of hydrogen-bond acceptors (Lipinski definition) is 2. The van der Waals surface area contributed by atoms with Gasteiger partial charge in [0.2, 0.25) is 0 Å². The van der Waals surface area contributed by atoms with E-state index in [1.165, 1.54) is 16.8 Å². The highest BCUT2D eigenvalue weighted by molar-refractivity contribution is 5.92. The number of rotatable bonds is 6. The number of halogens is 2. The Balaban J connectivity index is 2.53. The van der Waals surface area contributed by atoms with Gasteiger partial charge in [0, 0.05) is 12.7 Å². The molecule has 1 aromatic rings. The van der Waals surface area contributed by atoms with Gasteiger partial charge in [-0.1, -0.05) is 20.8 Å². The number of carbonyl (C=O) groups is 1. The number of aliphatic hydroxyl groups is 1. The van der Waals surface area contributed by atoms with E-state index in [2.05, 4.69) is 5.32 Å². The van der Waals surface area contributed by atoms with Crippen LogP contribution in [0.15, 0.2) is 18.3 Å². The molecule has 6 heteroatoms. The highest BCUT2D eigenvalue weighted by Crippen LogP contribution is 2.20. The van der Waals surface area contributed by atoms with Gasteiger partial charge in [0.1, 0.15) is 5.69 Å². The van der Waals surface area contributed by atoms with Crippen molar-refractivity contribution in [3.8, 4) is 0 Å². The lowest BCUT2D eigenvalue weighted by molar-refractivity contribution is 0.0850. The zero-order valence-corrected chi connectivity index (χ0v) is 12.1. The summed E-state index contributed by atoms with van der Waals surface area (Å²) in [5.74, 6) is -0.455. The van der Waals surface area contributed by atoms with Crippen LogP contribution < -0.4 is 5.32 Å². The Bertz CT molecular complexity index is 439. The molecule has 0 saturated heterocycles. The summed E-state index contributed by atoms with van der Waals surface area (Å²) in [5.41, 5.74) is 0.133. The van der Waals surface area contributed by atoms with Gasteiger partial charge in [-0.05, 0) is 24.0 Å². The number of aliphatic hydroxyl groups excluding tert-OH is 1. The third-order valence-corrected chi connectivity index (χ3v) is 2.74. The van der Waals surface area contributed by atoms with E-state index < -0.39 is 25.0 Å². The zero-order chi connectivity index (χ0) is 15.3. The fraction of sp³-hybridized carbons (Fsp3) is 0.643. The second-order valence-corrected chi connectivity index (χ2v) is 6.07. The van der Waals surface area contributed by atoms with Crippen LogP contribution in [0.2, 0.25) is 0 Å². The van der Waals surface area contributed by atoms with Crippen LogP contribution >= 0.6 is 0 Å². The molecule has 0 saturated carbocycles. The van der Waals surface area contributed by atoms with E-state index in [9.17, 15) is 18.7 Å². The van der Waals surface area contributed by atoms with Gasteiger partial charge in [-0.2, -0.15) is 0 Å². The van der Waals surface area contributed by atoms with E-state index >= 15 is 0 Å². The third kappa shape index (κ3) is 5.69. The normalized spacial score (nSPS) is 13.6. The van der Waals surface area contributed by atoms with Crippen molar-refractivity contribution in [2.24, 2.45) is 5.41 Å². The molecule has 0 spiro atoms. The summed E-state index contributed by atoms with van der Waals surface area (Å²) in [6.07, 6.45) is -1.18. The Morgan fingerprint density at radius 3 is 2.65 bits per heavy atom. The molecule has 1 unspecified atom stereocenters. The predicted octanol–water partition coefficient (Wildman–Crippen LogP) is 2.28. The van der Waals surface area contributed by atoms with Gasteiger partial charge in [-0.25, -0.2) is 8.78 Å². The summed E-state index contributed by atoms with van der Waals surface area (Å²) in [6.45, 7) is 5.57. The lowest BCUT2D eigenvalue weighted by atomic mass is 9.89. The zero-order valence-electron chi connectivity index (χ0n) is 12.1. The molecule has 1 amide bonds. The van der Waals surface area contributed by atoms with Crippen LogP contribution in [0.4, 0.5) is 8.78 Å². The number of nitrogens with zero attached hydrogens (tertiary/aromatic N) is 1. The molecule has 1 heterocycles. The molecule has 0 radical (unpaired) electrons. The van der Waals surface area contributed by atoms with Crippen molar-refractivity contribution in [1.29, 1.82) is 0 Å². The Morgan fingerprint density at radius 2 is 2.10 bits per heavy atom. The van der Waals surface area contributed by atoms with Crippen molar-refractivity contribution in [3.05, 3.63) is 24.0 Å². The van der Waals surface area contributed by atoms with Crippen molar-refractivity contribution in [1.82, 2.24) is 9.88 Å². The molecule has 0 aliphatic heterocycles. The molecule has 2 N–H and O–H groups in total. The SMILES string of the molecule is CC(C)(C)CC(O)CNC(=O)c1cccn1CC(F)F. The third-order valence-electron chi connectivity index (χ3n) is 2.74. The van der Waals surface area contributed by atoms with Crippen LogP contribution in [0.25, 0.3) is 0 Å². The summed E-state index contributed by atoms with van der Waals surface area (Å²) in [5, 5.41) is 12.4. The summed E-state index contributed by atoms with van der Waals surface area (Å²) in [4.78, 5) is 11.9. The van der Waals surface area contributed by atoms with Crippen molar-refractivity contribution < 1.29 is 18.7 Å². The molecule has 0 aliphatic rings. The fourth-order valence-electron chi connectivity index (χ4n) is 2.01. The number of carbonyl (C=O) groups excluding carboxylic acids is 1. The number of amides is 1. The topological polar surface area (TPSA) is 54.3 Å². The molecule has 0 aliphatic carbocycles. The summed E-state index contributed by atoms with van der Waals surface area (Å²) in [6, 6.07) is 3.02. The minimum atomic E-state index is -2.51. The molecular weight excluding hydrogens is 266 g/mol. The van der Waals surface area contributed by atoms with E-state index in [4.69, 9.17) is 0 Å². The minimum absolute atomic E-state index is 0.0416.